The van der Waals surface area contributed by atoms with E-state index in [9.17, 15) is 14.5 Å². The van der Waals surface area contributed by atoms with Crippen molar-refractivity contribution in [1.82, 2.24) is 0 Å². The number of aliphatic hydroxyl groups excluding tert-OH is 1. The van der Waals surface area contributed by atoms with Gasteiger partial charge in [-0.15, -0.1) is 0 Å². The lowest BCUT2D eigenvalue weighted by Crippen LogP contribution is -2.51. The molecule has 4 aliphatic rings. The van der Waals surface area contributed by atoms with Gasteiger partial charge in [-0.05, 0) is 94.3 Å². The lowest BCUT2D eigenvalue weighted by atomic mass is 9.47. The zero-order chi connectivity index (χ0) is 22.6. The van der Waals surface area contributed by atoms with Crippen molar-refractivity contribution in [2.24, 2.45) is 34.5 Å². The van der Waals surface area contributed by atoms with Crippen LogP contribution in [0, 0.1) is 34.5 Å². The Bertz CT molecular complexity index is 783. The Morgan fingerprint density at radius 2 is 1.84 bits per heavy atom. The monoisotopic (exact) mass is 452 g/mol. The Morgan fingerprint density at radius 3 is 2.45 bits per heavy atom. The van der Waals surface area contributed by atoms with Crippen molar-refractivity contribution >= 4 is 13.4 Å². The molecule has 31 heavy (non-hydrogen) atoms. The van der Waals surface area contributed by atoms with Gasteiger partial charge in [0.15, 0.2) is 0 Å². The first-order valence-electron chi connectivity index (χ1n) is 12.4. The Balaban J connectivity index is 1.71. The number of fused-ring (bicyclic) bond motifs is 5. The van der Waals surface area contributed by atoms with Crippen molar-refractivity contribution < 1.29 is 23.5 Å². The molecule has 0 spiro atoms. The molecule has 0 aromatic rings. The number of carbonyl (C=O) groups is 1. The van der Waals surface area contributed by atoms with Gasteiger partial charge in [-0.2, -0.15) is 0 Å². The van der Waals surface area contributed by atoms with Gasteiger partial charge >= 0.3 is 7.60 Å². The molecular formula is C25H41O5P. The van der Waals surface area contributed by atoms with Gasteiger partial charge < -0.3 is 14.2 Å². The molecule has 176 valence electrons. The lowest BCUT2D eigenvalue weighted by molar-refractivity contribution is -0.127. The molecule has 4 rings (SSSR count). The minimum atomic E-state index is -3.36. The Labute approximate surface area is 187 Å². The molecule has 4 aliphatic carbocycles. The van der Waals surface area contributed by atoms with E-state index in [1.165, 1.54) is 5.57 Å². The van der Waals surface area contributed by atoms with E-state index < -0.39 is 7.60 Å². The number of allylic oxidation sites excluding steroid dienone is 1. The van der Waals surface area contributed by atoms with Gasteiger partial charge in [-0.25, -0.2) is 0 Å². The number of Topliss-reactive ketones (excluding diaryl/α,β-unsaturated/α-hetero) is 1. The number of ketones is 1. The molecule has 0 radical (unpaired) electrons. The second-order valence-electron chi connectivity index (χ2n) is 11.0. The Kier molecular flexibility index (Phi) is 6.40. The first kappa shape index (κ1) is 23.7. The van der Waals surface area contributed by atoms with Crippen LogP contribution in [-0.4, -0.2) is 35.9 Å². The van der Waals surface area contributed by atoms with Crippen LogP contribution >= 0.6 is 7.60 Å². The first-order valence-corrected chi connectivity index (χ1v) is 14.0. The number of hydrogen-bond donors (Lipinski definition) is 1. The summed E-state index contributed by atoms with van der Waals surface area (Å²) in [5.41, 5.74) is 1.10. The highest BCUT2D eigenvalue weighted by Crippen LogP contribution is 2.72. The van der Waals surface area contributed by atoms with Crippen molar-refractivity contribution in [3.05, 3.63) is 11.6 Å². The summed E-state index contributed by atoms with van der Waals surface area (Å²) in [6.07, 6.45) is 8.78. The van der Waals surface area contributed by atoms with E-state index in [2.05, 4.69) is 19.9 Å². The highest BCUT2D eigenvalue weighted by atomic mass is 31.2. The minimum absolute atomic E-state index is 0.132. The van der Waals surface area contributed by atoms with Crippen LogP contribution in [0.4, 0.5) is 0 Å². The van der Waals surface area contributed by atoms with Crippen molar-refractivity contribution in [3.8, 4) is 0 Å². The van der Waals surface area contributed by atoms with Crippen molar-refractivity contribution in [3.63, 3.8) is 0 Å². The summed E-state index contributed by atoms with van der Waals surface area (Å²) in [7, 11) is -3.36. The summed E-state index contributed by atoms with van der Waals surface area (Å²) in [6.45, 7) is 10.7. The summed E-state index contributed by atoms with van der Waals surface area (Å²) in [4.78, 5) is 13.0. The number of hydrogen-bond acceptors (Lipinski definition) is 5. The molecule has 3 fully saturated rings. The lowest BCUT2D eigenvalue weighted by Gasteiger charge is -2.57. The average Bonchev–Trinajstić information content (AvgIpc) is 3.03. The first-order chi connectivity index (χ1) is 14.6. The maximum Gasteiger partial charge on any atom is 0.334 e. The number of aliphatic hydroxyl groups is 1. The summed E-state index contributed by atoms with van der Waals surface area (Å²) < 4.78 is 25.4. The summed E-state index contributed by atoms with van der Waals surface area (Å²) in [5.74, 6) is 1.27. The molecule has 8 atom stereocenters. The van der Waals surface area contributed by atoms with Crippen molar-refractivity contribution in [1.29, 1.82) is 0 Å². The van der Waals surface area contributed by atoms with Gasteiger partial charge in [0.05, 0.1) is 25.0 Å². The second-order valence-corrected chi connectivity index (χ2v) is 13.2. The zero-order valence-electron chi connectivity index (χ0n) is 19.9. The maximum atomic E-state index is 13.9. The summed E-state index contributed by atoms with van der Waals surface area (Å²) in [5, 5.41) is 10.2. The van der Waals surface area contributed by atoms with Crippen LogP contribution in [0.15, 0.2) is 11.6 Å². The molecule has 0 bridgehead atoms. The second kappa shape index (κ2) is 8.38. The van der Waals surface area contributed by atoms with Crippen LogP contribution in [0.25, 0.3) is 0 Å². The van der Waals surface area contributed by atoms with Crippen LogP contribution < -0.4 is 0 Å². The minimum Gasteiger partial charge on any atom is -0.393 e. The smallest absolute Gasteiger partial charge is 0.334 e. The van der Waals surface area contributed by atoms with E-state index in [0.29, 0.717) is 31.0 Å². The number of rotatable bonds is 6. The van der Waals surface area contributed by atoms with Gasteiger partial charge in [-0.1, -0.05) is 25.5 Å². The van der Waals surface area contributed by atoms with Crippen LogP contribution in [0.3, 0.4) is 0 Å². The molecular weight excluding hydrogens is 411 g/mol. The largest absolute Gasteiger partial charge is 0.393 e. The van der Waals surface area contributed by atoms with Crippen molar-refractivity contribution in [2.75, 3.05) is 13.2 Å². The molecule has 0 aliphatic heterocycles. The molecule has 6 heteroatoms. The standard InChI is InChI=1S/C25H41O5P/c1-6-29-31(28,30-7-2)22-15-21-19-9-8-17-14-18(27)10-12-24(17,4)20(19)11-13-25(21,5)23(22)16(3)26/h8,18-23,27H,6-7,9-15H2,1-5H3/t18?,19-,20+,21+,22?,23+,24+,25+/m1/s1. The average molecular weight is 453 g/mol. The summed E-state index contributed by atoms with van der Waals surface area (Å²) in [6, 6.07) is 0. The third kappa shape index (κ3) is 3.63. The van der Waals surface area contributed by atoms with Gasteiger partial charge in [0.1, 0.15) is 5.78 Å². The SMILES string of the molecule is CCOP(=O)(OCC)C1C[C@H]2[C@@H]3CC=C4CC(O)CC[C@]4(C)[C@H]3CC[C@]2(C)[C@H]1C(C)=O. The summed E-state index contributed by atoms with van der Waals surface area (Å²) >= 11 is 0. The van der Waals surface area contributed by atoms with E-state index in [0.717, 1.165) is 44.9 Å². The molecule has 0 heterocycles. The third-order valence-electron chi connectivity index (χ3n) is 9.57. The van der Waals surface area contributed by atoms with Gasteiger partial charge in [-0.3, -0.25) is 9.36 Å². The maximum absolute atomic E-state index is 13.9. The van der Waals surface area contributed by atoms with Crippen LogP contribution in [-0.2, 0) is 18.4 Å². The van der Waals surface area contributed by atoms with Crippen LogP contribution in [0.2, 0.25) is 0 Å². The van der Waals surface area contributed by atoms with Crippen LogP contribution in [0.5, 0.6) is 0 Å². The Hall–Kier alpha value is -0.480. The van der Waals surface area contributed by atoms with E-state index in [4.69, 9.17) is 9.05 Å². The molecule has 0 amide bonds. The normalized spacial score (nSPS) is 44.8. The van der Waals surface area contributed by atoms with E-state index in [1.807, 2.05) is 13.8 Å². The molecule has 0 aromatic heterocycles. The fourth-order valence-electron chi connectivity index (χ4n) is 8.29. The van der Waals surface area contributed by atoms with Crippen molar-refractivity contribution in [2.45, 2.75) is 91.3 Å². The van der Waals surface area contributed by atoms with Gasteiger partial charge in [0.2, 0.25) is 0 Å². The molecule has 5 nitrogen and oxygen atoms in total. The molecule has 2 unspecified atom stereocenters. The van der Waals surface area contributed by atoms with E-state index in [-0.39, 0.29) is 34.3 Å². The molecule has 1 N–H and O–H groups in total. The zero-order valence-corrected chi connectivity index (χ0v) is 20.8. The van der Waals surface area contributed by atoms with Gasteiger partial charge in [0, 0.05) is 5.92 Å². The fraction of sp³-hybridized carbons (Fsp3) is 0.880. The number of carbonyl (C=O) groups excluding carboxylic acids is 1. The highest BCUT2D eigenvalue weighted by Gasteiger charge is 2.65. The topological polar surface area (TPSA) is 72.8 Å². The predicted octanol–water partition coefficient (Wildman–Crippen LogP) is 5.76. The van der Waals surface area contributed by atoms with Crippen LogP contribution in [0.1, 0.15) is 79.6 Å². The predicted molar refractivity (Wildman–Crippen MR) is 122 cm³/mol. The molecule has 3 saturated carbocycles. The quantitative estimate of drug-likeness (QED) is 0.410. The third-order valence-corrected chi connectivity index (χ3v) is 12.1. The van der Waals surface area contributed by atoms with E-state index in [1.54, 1.807) is 6.92 Å². The van der Waals surface area contributed by atoms with Gasteiger partial charge in [0.25, 0.3) is 0 Å². The fourth-order valence-corrected chi connectivity index (χ4v) is 10.9. The molecule has 0 aromatic carbocycles. The molecule has 0 saturated heterocycles. The highest BCUT2D eigenvalue weighted by molar-refractivity contribution is 7.54. The Morgan fingerprint density at radius 1 is 1.16 bits per heavy atom. The van der Waals surface area contributed by atoms with E-state index >= 15 is 0 Å².